The largest absolute Gasteiger partial charge is 0.493 e. The summed E-state index contributed by atoms with van der Waals surface area (Å²) in [7, 11) is -3.07. The van der Waals surface area contributed by atoms with Crippen LogP contribution in [0, 0.1) is 31.5 Å². The normalized spacial score (nSPS) is 20.6. The van der Waals surface area contributed by atoms with Gasteiger partial charge in [-0.15, -0.1) is 0 Å². The molecule has 8 heteroatoms. The van der Waals surface area contributed by atoms with Crippen LogP contribution in [0.3, 0.4) is 0 Å². The summed E-state index contributed by atoms with van der Waals surface area (Å²) >= 11 is 0. The SMILES string of the molecule is Cc1cc(OCC(C)CS(C)(=O)=O)cc(C)c1-c1ccc(F)c2c1CC[C@H]2Oc1ccc([C@H]2C[C@@H]2C(=O)O)cc1. The molecule has 0 spiro atoms. The standard InChI is InChI=1S/C32H35FO6S/c1-18(17-40(4,36)37)16-38-23-13-19(2)30(20(3)14-23)24-9-11-28(33)31-25(24)10-12-29(31)39-22-7-5-21(6-8-22)26-15-27(26)32(34)35/h5-9,11,13-14,18,26-27,29H,10,12,15-17H2,1-4H3,(H,34,35)/t18?,26-,27+,29-/m1/s1. The molecular formula is C32H35FO6S. The minimum absolute atomic E-state index is 0.0536. The Kier molecular flexibility index (Phi) is 7.66. The number of benzene rings is 3. The maximum atomic E-state index is 15.2. The van der Waals surface area contributed by atoms with Crippen LogP contribution in [0.1, 0.15) is 59.6 Å². The molecule has 1 fully saturated rings. The van der Waals surface area contributed by atoms with E-state index in [4.69, 9.17) is 9.47 Å². The number of hydrogen-bond donors (Lipinski definition) is 1. The van der Waals surface area contributed by atoms with Gasteiger partial charge < -0.3 is 14.6 Å². The Labute approximate surface area is 235 Å². The van der Waals surface area contributed by atoms with Crippen molar-refractivity contribution in [2.75, 3.05) is 18.6 Å². The molecule has 4 atom stereocenters. The maximum absolute atomic E-state index is 15.2. The average molecular weight is 567 g/mol. The third-order valence-corrected chi connectivity index (χ3v) is 9.05. The van der Waals surface area contributed by atoms with Gasteiger partial charge in [-0.3, -0.25) is 4.79 Å². The highest BCUT2D eigenvalue weighted by atomic mass is 32.2. The van der Waals surface area contributed by atoms with Crippen LogP contribution in [0.2, 0.25) is 0 Å². The minimum Gasteiger partial charge on any atom is -0.493 e. The highest BCUT2D eigenvalue weighted by molar-refractivity contribution is 7.90. The highest BCUT2D eigenvalue weighted by Gasteiger charge is 2.44. The molecule has 5 rings (SSSR count). The van der Waals surface area contributed by atoms with Crippen LogP contribution in [0.25, 0.3) is 11.1 Å². The van der Waals surface area contributed by atoms with Crippen LogP contribution >= 0.6 is 0 Å². The van der Waals surface area contributed by atoms with E-state index < -0.39 is 21.9 Å². The van der Waals surface area contributed by atoms with Crippen LogP contribution in [0.15, 0.2) is 48.5 Å². The van der Waals surface area contributed by atoms with Gasteiger partial charge in [-0.05, 0) is 103 Å². The lowest BCUT2D eigenvalue weighted by molar-refractivity contribution is -0.138. The average Bonchev–Trinajstić information content (AvgIpc) is 3.57. The predicted molar refractivity (Wildman–Crippen MR) is 152 cm³/mol. The molecule has 6 nitrogen and oxygen atoms in total. The fourth-order valence-electron chi connectivity index (χ4n) is 6.05. The van der Waals surface area contributed by atoms with E-state index in [1.165, 1.54) is 12.3 Å². The van der Waals surface area contributed by atoms with E-state index in [0.29, 0.717) is 42.9 Å². The van der Waals surface area contributed by atoms with E-state index in [1.54, 1.807) is 0 Å². The van der Waals surface area contributed by atoms with Gasteiger partial charge in [-0.25, -0.2) is 12.8 Å². The third-order valence-electron chi connectivity index (χ3n) is 7.87. The lowest BCUT2D eigenvalue weighted by Crippen LogP contribution is -2.18. The van der Waals surface area contributed by atoms with Gasteiger partial charge in [0.1, 0.15) is 33.3 Å². The predicted octanol–water partition coefficient (Wildman–Crippen LogP) is 6.42. The van der Waals surface area contributed by atoms with Gasteiger partial charge in [-0.1, -0.05) is 25.1 Å². The van der Waals surface area contributed by atoms with Crippen LogP contribution in [-0.2, 0) is 21.1 Å². The van der Waals surface area contributed by atoms with E-state index in [-0.39, 0.29) is 29.3 Å². The van der Waals surface area contributed by atoms with Gasteiger partial charge in [0.25, 0.3) is 0 Å². The van der Waals surface area contributed by atoms with Crippen molar-refractivity contribution in [3.8, 4) is 22.6 Å². The lowest BCUT2D eigenvalue weighted by Gasteiger charge is -2.19. The number of carboxylic acid groups (broad SMARTS) is 1. The Hall–Kier alpha value is -3.39. The molecule has 1 saturated carbocycles. The summed E-state index contributed by atoms with van der Waals surface area (Å²) in [6, 6.07) is 14.7. The molecule has 1 unspecified atom stereocenters. The van der Waals surface area contributed by atoms with E-state index in [1.807, 2.05) is 63.2 Å². The molecule has 0 bridgehead atoms. The van der Waals surface area contributed by atoms with Gasteiger partial charge in [0.05, 0.1) is 18.3 Å². The summed E-state index contributed by atoms with van der Waals surface area (Å²) in [4.78, 5) is 11.2. The molecule has 1 N–H and O–H groups in total. The van der Waals surface area contributed by atoms with Crippen molar-refractivity contribution in [3.63, 3.8) is 0 Å². The summed E-state index contributed by atoms with van der Waals surface area (Å²) in [6.45, 7) is 6.16. The number of sulfone groups is 1. The minimum atomic E-state index is -3.07. The molecule has 2 aliphatic carbocycles. The first-order valence-corrected chi connectivity index (χ1v) is 15.7. The number of ether oxygens (including phenoxy) is 2. The Morgan fingerprint density at radius 1 is 1.07 bits per heavy atom. The summed E-state index contributed by atoms with van der Waals surface area (Å²) in [6.07, 6.45) is 2.83. The quantitative estimate of drug-likeness (QED) is 0.305. The molecule has 3 aromatic rings. The summed E-state index contributed by atoms with van der Waals surface area (Å²) in [5.41, 5.74) is 6.55. The lowest BCUT2D eigenvalue weighted by atomic mass is 9.90. The zero-order chi connectivity index (χ0) is 28.8. The first-order chi connectivity index (χ1) is 18.9. The Bertz CT molecular complexity index is 1520. The van der Waals surface area contributed by atoms with E-state index in [2.05, 4.69) is 0 Å². The maximum Gasteiger partial charge on any atom is 0.307 e. The number of rotatable bonds is 10. The Morgan fingerprint density at radius 2 is 1.75 bits per heavy atom. The van der Waals surface area contributed by atoms with Crippen molar-refractivity contribution in [2.24, 2.45) is 11.8 Å². The van der Waals surface area contributed by atoms with Gasteiger partial charge in [0, 0.05) is 17.7 Å². The van der Waals surface area contributed by atoms with Crippen LogP contribution in [0.4, 0.5) is 4.39 Å². The van der Waals surface area contributed by atoms with Crippen molar-refractivity contribution in [2.45, 2.75) is 52.1 Å². The van der Waals surface area contributed by atoms with Crippen molar-refractivity contribution in [1.82, 2.24) is 0 Å². The van der Waals surface area contributed by atoms with Crippen molar-refractivity contribution in [3.05, 3.63) is 82.2 Å². The highest BCUT2D eigenvalue weighted by Crippen LogP contribution is 2.48. The fourth-order valence-corrected chi connectivity index (χ4v) is 7.18. The Balaban J connectivity index is 1.34. The topological polar surface area (TPSA) is 89.9 Å². The zero-order valence-corrected chi connectivity index (χ0v) is 24.1. The molecule has 0 aromatic heterocycles. The molecule has 2 aliphatic rings. The Morgan fingerprint density at radius 3 is 2.35 bits per heavy atom. The molecule has 212 valence electrons. The summed E-state index contributed by atoms with van der Waals surface area (Å²) in [5, 5.41) is 9.19. The van der Waals surface area contributed by atoms with E-state index in [0.717, 1.165) is 33.4 Å². The first kappa shape index (κ1) is 28.1. The van der Waals surface area contributed by atoms with Crippen LogP contribution < -0.4 is 9.47 Å². The van der Waals surface area contributed by atoms with Gasteiger partial charge in [-0.2, -0.15) is 0 Å². The molecule has 0 saturated heterocycles. The molecule has 0 heterocycles. The van der Waals surface area contributed by atoms with Crippen molar-refractivity contribution < 1.29 is 32.2 Å². The number of aliphatic carboxylic acids is 1. The number of fused-ring (bicyclic) bond motifs is 1. The number of carboxylic acids is 1. The van der Waals surface area contributed by atoms with Crippen LogP contribution in [-0.4, -0.2) is 38.1 Å². The van der Waals surface area contributed by atoms with Crippen LogP contribution in [0.5, 0.6) is 11.5 Å². The van der Waals surface area contributed by atoms with E-state index >= 15 is 4.39 Å². The molecule has 0 aliphatic heterocycles. The molecule has 40 heavy (non-hydrogen) atoms. The summed E-state index contributed by atoms with van der Waals surface area (Å²) in [5.74, 6) is -0.0271. The first-order valence-electron chi connectivity index (χ1n) is 13.6. The number of carbonyl (C=O) groups is 1. The zero-order valence-electron chi connectivity index (χ0n) is 23.2. The number of halogens is 1. The van der Waals surface area contributed by atoms with Gasteiger partial charge in [0.2, 0.25) is 0 Å². The molecule has 3 aromatic carbocycles. The second-order valence-corrected chi connectivity index (χ2v) is 13.6. The monoisotopic (exact) mass is 566 g/mol. The second-order valence-electron chi connectivity index (χ2n) is 11.4. The van der Waals surface area contributed by atoms with Crippen molar-refractivity contribution in [1.29, 1.82) is 0 Å². The molecule has 0 amide bonds. The van der Waals surface area contributed by atoms with Gasteiger partial charge >= 0.3 is 5.97 Å². The van der Waals surface area contributed by atoms with Gasteiger partial charge in [0.15, 0.2) is 0 Å². The number of hydrogen-bond acceptors (Lipinski definition) is 5. The molecular weight excluding hydrogens is 531 g/mol. The van der Waals surface area contributed by atoms with E-state index in [9.17, 15) is 18.3 Å². The summed E-state index contributed by atoms with van der Waals surface area (Å²) < 4.78 is 50.5. The van der Waals surface area contributed by atoms with Crippen molar-refractivity contribution >= 4 is 15.8 Å². The smallest absolute Gasteiger partial charge is 0.307 e. The molecule has 0 radical (unpaired) electrons. The number of aryl methyl sites for hydroxylation is 2. The third kappa shape index (κ3) is 6.02. The second kappa shape index (κ2) is 10.9. The fraction of sp³-hybridized carbons (Fsp3) is 0.406.